The second-order valence-corrected chi connectivity index (χ2v) is 6.12. The van der Waals surface area contributed by atoms with E-state index in [2.05, 4.69) is 20.0 Å². The number of nitrogen functional groups attached to an aromatic ring is 1. The molecule has 7 heteroatoms. The third-order valence-electron chi connectivity index (χ3n) is 4.60. The van der Waals surface area contributed by atoms with E-state index < -0.39 is 0 Å². The van der Waals surface area contributed by atoms with Crippen LogP contribution >= 0.6 is 0 Å². The van der Waals surface area contributed by atoms with Gasteiger partial charge in [0, 0.05) is 25.6 Å². The summed E-state index contributed by atoms with van der Waals surface area (Å²) in [6.07, 6.45) is 7.82. The van der Waals surface area contributed by atoms with Gasteiger partial charge in [-0.1, -0.05) is 0 Å². The van der Waals surface area contributed by atoms with E-state index in [9.17, 15) is 0 Å². The highest BCUT2D eigenvalue weighted by Crippen LogP contribution is 2.40. The minimum Gasteiger partial charge on any atom is -0.385 e. The molecular formula is C17H17N7. The first-order valence-electron chi connectivity index (χ1n) is 8.05. The molecule has 0 unspecified atom stereocenters. The molecule has 0 aliphatic heterocycles. The molecule has 1 saturated carbocycles. The molecule has 0 atom stereocenters. The lowest BCUT2D eigenvalue weighted by atomic mass is 10.1. The van der Waals surface area contributed by atoms with E-state index in [4.69, 9.17) is 10.8 Å². The SMILES string of the molecule is CNc1ccc(-c2nn(C3CC3)c3ccnc(N)c23)n2ccnc12. The fourth-order valence-electron chi connectivity index (χ4n) is 3.29. The van der Waals surface area contributed by atoms with E-state index in [1.807, 2.05) is 35.8 Å². The fourth-order valence-corrected chi connectivity index (χ4v) is 3.29. The second kappa shape index (κ2) is 4.70. The summed E-state index contributed by atoms with van der Waals surface area (Å²) in [4.78, 5) is 8.73. The Morgan fingerprint density at radius 1 is 1.17 bits per heavy atom. The molecule has 0 bridgehead atoms. The van der Waals surface area contributed by atoms with Gasteiger partial charge in [-0.15, -0.1) is 0 Å². The van der Waals surface area contributed by atoms with Crippen molar-refractivity contribution >= 4 is 28.1 Å². The maximum atomic E-state index is 6.20. The van der Waals surface area contributed by atoms with Crippen LogP contribution in [0.15, 0.2) is 36.8 Å². The van der Waals surface area contributed by atoms with Gasteiger partial charge in [0.15, 0.2) is 5.65 Å². The van der Waals surface area contributed by atoms with Crippen LogP contribution in [0.1, 0.15) is 18.9 Å². The molecule has 24 heavy (non-hydrogen) atoms. The van der Waals surface area contributed by atoms with Gasteiger partial charge in [0.2, 0.25) is 0 Å². The average molecular weight is 319 g/mol. The average Bonchev–Trinajstić information content (AvgIpc) is 3.18. The Balaban J connectivity index is 1.86. The quantitative estimate of drug-likeness (QED) is 0.606. The van der Waals surface area contributed by atoms with Gasteiger partial charge < -0.3 is 11.1 Å². The molecule has 1 aliphatic rings. The number of nitrogens with one attached hydrogen (secondary N) is 1. The normalized spacial score (nSPS) is 14.5. The molecule has 0 saturated heterocycles. The number of imidazole rings is 1. The van der Waals surface area contributed by atoms with Crippen molar-refractivity contribution in [1.29, 1.82) is 0 Å². The van der Waals surface area contributed by atoms with Crippen LogP contribution in [-0.4, -0.2) is 31.2 Å². The fraction of sp³-hybridized carbons (Fsp3) is 0.235. The number of hydrogen-bond donors (Lipinski definition) is 2. The van der Waals surface area contributed by atoms with Crippen molar-refractivity contribution in [2.45, 2.75) is 18.9 Å². The Kier molecular flexibility index (Phi) is 2.62. The van der Waals surface area contributed by atoms with Crippen molar-refractivity contribution in [3.63, 3.8) is 0 Å². The molecule has 0 spiro atoms. The standard InChI is InChI=1S/C17H17N7/c1-19-11-4-5-13(23-9-8-21-17(11)23)15-14-12(6-7-20-16(14)18)24(22-15)10-2-3-10/h4-10,19H,2-3H2,1H3,(H2,18,20). The molecule has 0 aromatic carbocycles. The Morgan fingerprint density at radius 3 is 2.83 bits per heavy atom. The van der Waals surface area contributed by atoms with E-state index in [0.29, 0.717) is 11.9 Å². The van der Waals surface area contributed by atoms with Gasteiger partial charge in [0.25, 0.3) is 0 Å². The van der Waals surface area contributed by atoms with Gasteiger partial charge in [-0.25, -0.2) is 9.97 Å². The summed E-state index contributed by atoms with van der Waals surface area (Å²) in [5.41, 5.74) is 10.9. The predicted octanol–water partition coefficient (Wildman–Crippen LogP) is 2.70. The molecule has 5 rings (SSSR count). The largest absolute Gasteiger partial charge is 0.385 e. The molecule has 4 aromatic heterocycles. The summed E-state index contributed by atoms with van der Waals surface area (Å²) in [6, 6.07) is 6.53. The Bertz CT molecular complexity index is 1070. The smallest absolute Gasteiger partial charge is 0.160 e. The van der Waals surface area contributed by atoms with E-state index in [0.717, 1.165) is 46.5 Å². The highest BCUT2D eigenvalue weighted by atomic mass is 15.3. The summed E-state index contributed by atoms with van der Waals surface area (Å²) < 4.78 is 4.13. The molecule has 1 aliphatic carbocycles. The van der Waals surface area contributed by atoms with Crippen LogP contribution < -0.4 is 11.1 Å². The maximum absolute atomic E-state index is 6.20. The van der Waals surface area contributed by atoms with E-state index in [1.165, 1.54) is 0 Å². The van der Waals surface area contributed by atoms with E-state index in [1.54, 1.807) is 12.4 Å². The van der Waals surface area contributed by atoms with Crippen LogP contribution in [0, 0.1) is 0 Å². The maximum Gasteiger partial charge on any atom is 0.160 e. The van der Waals surface area contributed by atoms with Gasteiger partial charge in [0.05, 0.1) is 28.3 Å². The van der Waals surface area contributed by atoms with Gasteiger partial charge in [-0.3, -0.25) is 9.08 Å². The van der Waals surface area contributed by atoms with Gasteiger partial charge in [-0.05, 0) is 31.0 Å². The monoisotopic (exact) mass is 319 g/mol. The molecular weight excluding hydrogens is 302 g/mol. The number of aromatic nitrogens is 5. The van der Waals surface area contributed by atoms with Crippen molar-refractivity contribution in [3.8, 4) is 11.4 Å². The highest BCUT2D eigenvalue weighted by molar-refractivity contribution is 6.00. The minimum absolute atomic E-state index is 0.470. The number of hydrogen-bond acceptors (Lipinski definition) is 5. The lowest BCUT2D eigenvalue weighted by Crippen LogP contribution is -1.99. The summed E-state index contributed by atoms with van der Waals surface area (Å²) >= 11 is 0. The number of anilines is 2. The van der Waals surface area contributed by atoms with Crippen LogP contribution in [0.4, 0.5) is 11.5 Å². The Labute approximate surface area is 138 Å². The predicted molar refractivity (Wildman–Crippen MR) is 93.9 cm³/mol. The minimum atomic E-state index is 0.470. The van der Waals surface area contributed by atoms with Gasteiger partial charge in [0.1, 0.15) is 11.5 Å². The number of nitrogens with zero attached hydrogens (tertiary/aromatic N) is 5. The number of rotatable bonds is 3. The molecule has 0 amide bonds. The van der Waals surface area contributed by atoms with Gasteiger partial charge >= 0.3 is 0 Å². The van der Waals surface area contributed by atoms with Crippen molar-refractivity contribution in [2.24, 2.45) is 0 Å². The van der Waals surface area contributed by atoms with Crippen molar-refractivity contribution in [3.05, 3.63) is 36.8 Å². The van der Waals surface area contributed by atoms with Crippen LogP contribution in [0.5, 0.6) is 0 Å². The van der Waals surface area contributed by atoms with Crippen LogP contribution in [0.2, 0.25) is 0 Å². The summed E-state index contributed by atoms with van der Waals surface area (Å²) in [5.74, 6) is 0.514. The van der Waals surface area contributed by atoms with Crippen LogP contribution in [0.3, 0.4) is 0 Å². The molecule has 1 fully saturated rings. The van der Waals surface area contributed by atoms with E-state index in [-0.39, 0.29) is 0 Å². The zero-order chi connectivity index (χ0) is 16.3. The van der Waals surface area contributed by atoms with Crippen molar-refractivity contribution in [1.82, 2.24) is 24.1 Å². The van der Waals surface area contributed by atoms with Crippen molar-refractivity contribution < 1.29 is 0 Å². The molecule has 4 aromatic rings. The third-order valence-corrected chi connectivity index (χ3v) is 4.60. The molecule has 4 heterocycles. The number of fused-ring (bicyclic) bond motifs is 2. The summed E-state index contributed by atoms with van der Waals surface area (Å²) in [7, 11) is 1.89. The first-order valence-corrected chi connectivity index (χ1v) is 8.05. The zero-order valence-electron chi connectivity index (χ0n) is 13.3. The molecule has 0 radical (unpaired) electrons. The third kappa shape index (κ3) is 1.75. The lowest BCUT2D eigenvalue weighted by molar-refractivity contribution is 0.667. The van der Waals surface area contributed by atoms with Crippen LogP contribution in [0.25, 0.3) is 27.9 Å². The lowest BCUT2D eigenvalue weighted by Gasteiger charge is -2.08. The van der Waals surface area contributed by atoms with Crippen LogP contribution in [-0.2, 0) is 0 Å². The van der Waals surface area contributed by atoms with Gasteiger partial charge in [-0.2, -0.15) is 5.10 Å². The summed E-state index contributed by atoms with van der Waals surface area (Å²) in [5, 5.41) is 8.98. The Hall–Kier alpha value is -3.09. The molecule has 7 nitrogen and oxygen atoms in total. The molecule has 3 N–H and O–H groups in total. The topological polar surface area (TPSA) is 86.1 Å². The second-order valence-electron chi connectivity index (χ2n) is 6.12. The highest BCUT2D eigenvalue weighted by Gasteiger charge is 2.29. The van der Waals surface area contributed by atoms with E-state index >= 15 is 0 Å². The van der Waals surface area contributed by atoms with Crippen molar-refractivity contribution in [2.75, 3.05) is 18.1 Å². The first kappa shape index (κ1) is 13.4. The number of nitrogens with two attached hydrogens (primary N) is 1. The molecule has 120 valence electrons. The zero-order valence-corrected chi connectivity index (χ0v) is 13.3. The number of pyridine rings is 2. The Morgan fingerprint density at radius 2 is 2.04 bits per heavy atom. The first-order chi connectivity index (χ1) is 11.8. The summed E-state index contributed by atoms with van der Waals surface area (Å²) in [6.45, 7) is 0.